The summed E-state index contributed by atoms with van der Waals surface area (Å²) in [5.74, 6) is 1.04. The molecule has 1 aliphatic heterocycles. The summed E-state index contributed by atoms with van der Waals surface area (Å²) in [6.45, 7) is 0.875. The van der Waals surface area contributed by atoms with Crippen molar-refractivity contribution in [1.82, 2.24) is 10.4 Å². The third kappa shape index (κ3) is 3.15. The van der Waals surface area contributed by atoms with Gasteiger partial charge < -0.3 is 0 Å². The second kappa shape index (κ2) is 6.55. The van der Waals surface area contributed by atoms with Gasteiger partial charge in [0.05, 0.1) is 12.2 Å². The van der Waals surface area contributed by atoms with E-state index in [9.17, 15) is 0 Å². The number of hydrogen-bond acceptors (Lipinski definition) is 3. The van der Waals surface area contributed by atoms with Gasteiger partial charge in [0.15, 0.2) is 5.84 Å². The van der Waals surface area contributed by atoms with Gasteiger partial charge in [-0.2, -0.15) is 0 Å². The Hall–Kier alpha value is -2.13. The fraction of sp³-hybridized carbons (Fsp3) is 0.350. The van der Waals surface area contributed by atoms with Crippen molar-refractivity contribution in [3.63, 3.8) is 0 Å². The summed E-state index contributed by atoms with van der Waals surface area (Å²) in [6, 6.07) is 19.5. The maximum absolute atomic E-state index is 4.94. The zero-order chi connectivity index (χ0) is 15.5. The first-order valence-electron chi connectivity index (χ1n) is 8.66. The van der Waals surface area contributed by atoms with E-state index in [-0.39, 0.29) is 0 Å². The van der Waals surface area contributed by atoms with Crippen molar-refractivity contribution in [3.05, 3.63) is 65.7 Å². The van der Waals surface area contributed by atoms with Crippen LogP contribution in [0.1, 0.15) is 43.2 Å². The molecule has 1 saturated carbocycles. The molecule has 1 aliphatic carbocycles. The van der Waals surface area contributed by atoms with Crippen LogP contribution >= 0.6 is 0 Å². The van der Waals surface area contributed by atoms with E-state index >= 15 is 0 Å². The second-order valence-corrected chi connectivity index (χ2v) is 6.48. The average Bonchev–Trinajstić information content (AvgIpc) is 2.63. The molecule has 1 heterocycles. The Labute approximate surface area is 138 Å². The zero-order valence-electron chi connectivity index (χ0n) is 13.4. The highest BCUT2D eigenvalue weighted by Gasteiger charge is 2.24. The molecule has 2 aliphatic rings. The maximum Gasteiger partial charge on any atom is 0.151 e. The van der Waals surface area contributed by atoms with Crippen molar-refractivity contribution >= 4 is 11.5 Å². The average molecular weight is 305 g/mol. The van der Waals surface area contributed by atoms with Crippen molar-refractivity contribution in [2.24, 2.45) is 4.99 Å². The number of amidine groups is 1. The van der Waals surface area contributed by atoms with Crippen LogP contribution < -0.4 is 5.43 Å². The zero-order valence-corrected chi connectivity index (χ0v) is 13.4. The van der Waals surface area contributed by atoms with Crippen LogP contribution in [0, 0.1) is 0 Å². The molecule has 0 bridgehead atoms. The molecule has 2 aromatic rings. The summed E-state index contributed by atoms with van der Waals surface area (Å²) >= 11 is 0. The summed E-state index contributed by atoms with van der Waals surface area (Å²) in [5, 5.41) is 2.26. The smallest absolute Gasteiger partial charge is 0.151 e. The first-order chi connectivity index (χ1) is 11.4. The summed E-state index contributed by atoms with van der Waals surface area (Å²) < 4.78 is 0. The molecule has 1 N–H and O–H groups in total. The van der Waals surface area contributed by atoms with Crippen LogP contribution in [-0.2, 0) is 6.54 Å². The minimum absolute atomic E-state index is 0.572. The van der Waals surface area contributed by atoms with Gasteiger partial charge in [0.25, 0.3) is 0 Å². The summed E-state index contributed by atoms with van der Waals surface area (Å²) in [6.07, 6.45) is 6.57. The minimum Gasteiger partial charge on any atom is -0.287 e. The third-order valence-corrected chi connectivity index (χ3v) is 4.78. The molecule has 0 spiro atoms. The summed E-state index contributed by atoms with van der Waals surface area (Å²) in [4.78, 5) is 4.94. The van der Waals surface area contributed by atoms with Crippen LogP contribution in [0.2, 0.25) is 0 Å². The lowest BCUT2D eigenvalue weighted by molar-refractivity contribution is 0.214. The summed E-state index contributed by atoms with van der Waals surface area (Å²) in [7, 11) is 0. The fourth-order valence-corrected chi connectivity index (χ4v) is 3.54. The Kier molecular flexibility index (Phi) is 4.12. The van der Waals surface area contributed by atoms with Gasteiger partial charge in [-0.25, -0.2) is 10.4 Å². The van der Waals surface area contributed by atoms with Gasteiger partial charge in [-0.15, -0.1) is 0 Å². The van der Waals surface area contributed by atoms with Crippen LogP contribution in [-0.4, -0.2) is 16.9 Å². The largest absolute Gasteiger partial charge is 0.287 e. The predicted molar refractivity (Wildman–Crippen MR) is 94.6 cm³/mol. The molecule has 3 nitrogen and oxygen atoms in total. The minimum atomic E-state index is 0.572. The van der Waals surface area contributed by atoms with Crippen molar-refractivity contribution in [2.45, 2.75) is 44.7 Å². The van der Waals surface area contributed by atoms with Crippen molar-refractivity contribution < 1.29 is 0 Å². The fourth-order valence-electron chi connectivity index (χ4n) is 3.54. The Morgan fingerprint density at radius 1 is 0.870 bits per heavy atom. The van der Waals surface area contributed by atoms with Gasteiger partial charge in [-0.1, -0.05) is 67.8 Å². The van der Waals surface area contributed by atoms with E-state index in [4.69, 9.17) is 4.99 Å². The SMILES string of the molecule is c1ccc(C2=Nc3ccccc3CN2NC2CCCCC2)cc1. The van der Waals surface area contributed by atoms with E-state index in [2.05, 4.69) is 65.0 Å². The van der Waals surface area contributed by atoms with Crippen LogP contribution in [0.4, 0.5) is 5.69 Å². The number of rotatable bonds is 3. The van der Waals surface area contributed by atoms with Gasteiger partial charge in [0.2, 0.25) is 0 Å². The van der Waals surface area contributed by atoms with Crippen LogP contribution in [0.15, 0.2) is 59.6 Å². The molecule has 23 heavy (non-hydrogen) atoms. The topological polar surface area (TPSA) is 27.6 Å². The lowest BCUT2D eigenvalue weighted by Gasteiger charge is -2.35. The number of nitrogens with one attached hydrogen (secondary N) is 1. The number of hydrogen-bond donors (Lipinski definition) is 1. The number of fused-ring (bicyclic) bond motifs is 1. The molecule has 0 amide bonds. The third-order valence-electron chi connectivity index (χ3n) is 4.78. The number of nitrogens with zero attached hydrogens (tertiary/aromatic N) is 2. The second-order valence-electron chi connectivity index (χ2n) is 6.48. The molecule has 0 aromatic heterocycles. The predicted octanol–water partition coefficient (Wildman–Crippen LogP) is 4.42. The molecule has 3 heteroatoms. The lowest BCUT2D eigenvalue weighted by atomic mass is 9.96. The number of aliphatic imine (C=N–C) groups is 1. The lowest BCUT2D eigenvalue weighted by Crippen LogP contribution is -2.49. The standard InChI is InChI=1S/C20H23N3/c1-3-9-16(10-4-1)20-21-19-14-8-7-11-17(19)15-23(20)22-18-12-5-2-6-13-18/h1,3-4,7-11,14,18,22H,2,5-6,12-13,15H2. The van der Waals surface area contributed by atoms with Crippen molar-refractivity contribution in [3.8, 4) is 0 Å². The molecule has 118 valence electrons. The molecular formula is C20H23N3. The molecule has 0 atom stereocenters. The number of benzene rings is 2. The molecule has 1 fully saturated rings. The van der Waals surface area contributed by atoms with Crippen molar-refractivity contribution in [2.75, 3.05) is 0 Å². The quantitative estimate of drug-likeness (QED) is 0.909. The van der Waals surface area contributed by atoms with Gasteiger partial charge in [0, 0.05) is 11.6 Å². The van der Waals surface area contributed by atoms with Gasteiger partial charge in [-0.05, 0) is 24.5 Å². The number of para-hydroxylation sites is 1. The molecule has 0 unspecified atom stereocenters. The van der Waals surface area contributed by atoms with Gasteiger partial charge in [-0.3, -0.25) is 5.01 Å². The number of hydrazine groups is 1. The Balaban J connectivity index is 1.66. The monoisotopic (exact) mass is 305 g/mol. The van der Waals surface area contributed by atoms with E-state index in [1.165, 1.54) is 43.2 Å². The van der Waals surface area contributed by atoms with Crippen LogP contribution in [0.25, 0.3) is 0 Å². The van der Waals surface area contributed by atoms with E-state index in [0.29, 0.717) is 6.04 Å². The van der Waals surface area contributed by atoms with Crippen LogP contribution in [0.5, 0.6) is 0 Å². The van der Waals surface area contributed by atoms with E-state index < -0.39 is 0 Å². The molecule has 2 aromatic carbocycles. The van der Waals surface area contributed by atoms with Crippen LogP contribution in [0.3, 0.4) is 0 Å². The molecular weight excluding hydrogens is 282 g/mol. The van der Waals surface area contributed by atoms with E-state index in [0.717, 1.165) is 18.1 Å². The first kappa shape index (κ1) is 14.5. The Morgan fingerprint density at radius 2 is 1.61 bits per heavy atom. The highest BCUT2D eigenvalue weighted by molar-refractivity contribution is 6.01. The van der Waals surface area contributed by atoms with Gasteiger partial charge in [0.1, 0.15) is 0 Å². The molecule has 0 radical (unpaired) electrons. The van der Waals surface area contributed by atoms with E-state index in [1.807, 2.05) is 0 Å². The van der Waals surface area contributed by atoms with Crippen molar-refractivity contribution in [1.29, 1.82) is 0 Å². The Bertz CT molecular complexity index is 687. The Morgan fingerprint density at radius 3 is 2.43 bits per heavy atom. The first-order valence-corrected chi connectivity index (χ1v) is 8.66. The van der Waals surface area contributed by atoms with E-state index in [1.54, 1.807) is 0 Å². The highest BCUT2D eigenvalue weighted by atomic mass is 15.5. The highest BCUT2D eigenvalue weighted by Crippen LogP contribution is 2.28. The maximum atomic E-state index is 4.94. The molecule has 0 saturated heterocycles. The summed E-state index contributed by atoms with van der Waals surface area (Å²) in [5.41, 5.74) is 7.30. The van der Waals surface area contributed by atoms with Gasteiger partial charge >= 0.3 is 0 Å². The molecule has 4 rings (SSSR count). The normalized spacial score (nSPS) is 18.4.